The largest absolute Gasteiger partial charge is 0.495 e. The summed E-state index contributed by atoms with van der Waals surface area (Å²) in [6.07, 6.45) is 0. The van der Waals surface area contributed by atoms with Crippen molar-refractivity contribution in [1.82, 2.24) is 10.3 Å². The van der Waals surface area contributed by atoms with Crippen LogP contribution in [0.25, 0.3) is 10.2 Å². The first-order chi connectivity index (χ1) is 25.7. The van der Waals surface area contributed by atoms with Crippen molar-refractivity contribution in [2.24, 2.45) is 0 Å². The number of aromatic nitrogens is 1. The summed E-state index contributed by atoms with van der Waals surface area (Å²) in [5.74, 6) is 0.871. The van der Waals surface area contributed by atoms with E-state index in [0.29, 0.717) is 46.7 Å². The Bertz CT molecular complexity index is 1940. The summed E-state index contributed by atoms with van der Waals surface area (Å²) in [7, 11) is 8.54. The van der Waals surface area contributed by atoms with E-state index in [1.165, 1.54) is 11.3 Å². The third-order valence-electron chi connectivity index (χ3n) is 8.02. The Morgan fingerprint density at radius 3 is 1.98 bits per heavy atom. The van der Waals surface area contributed by atoms with Crippen LogP contribution in [0.5, 0.6) is 11.5 Å². The summed E-state index contributed by atoms with van der Waals surface area (Å²) in [5.41, 5.74) is 4.59. The van der Waals surface area contributed by atoms with Crippen LogP contribution < -0.4 is 35.2 Å². The van der Waals surface area contributed by atoms with Crippen molar-refractivity contribution in [3.8, 4) is 11.5 Å². The number of nitrogens with zero attached hydrogens (tertiary/aromatic N) is 3. The van der Waals surface area contributed by atoms with Crippen LogP contribution in [0, 0.1) is 0 Å². The minimum Gasteiger partial charge on any atom is -0.495 e. The third-order valence-corrected chi connectivity index (χ3v) is 9.21. The van der Waals surface area contributed by atoms with E-state index in [9.17, 15) is 9.59 Å². The van der Waals surface area contributed by atoms with Crippen LogP contribution in [0.4, 0.5) is 22.2 Å². The molecule has 0 aliphatic carbocycles. The van der Waals surface area contributed by atoms with Crippen LogP contribution in [0.2, 0.25) is 0 Å². The number of hydrogen-bond acceptors (Lipinski definition) is 11. The Hall–Kier alpha value is -5.28. The lowest BCUT2D eigenvalue weighted by atomic mass is 10.2. The van der Waals surface area contributed by atoms with Gasteiger partial charge in [-0.1, -0.05) is 47.7 Å². The Morgan fingerprint density at radius 2 is 1.38 bits per heavy atom. The lowest BCUT2D eigenvalue weighted by molar-refractivity contribution is 0.0976. The maximum atomic E-state index is 12.5. The van der Waals surface area contributed by atoms with Crippen LogP contribution in [-0.4, -0.2) is 90.2 Å². The van der Waals surface area contributed by atoms with Crippen molar-refractivity contribution < 1.29 is 28.5 Å². The van der Waals surface area contributed by atoms with Gasteiger partial charge in [-0.25, -0.2) is 4.98 Å². The van der Waals surface area contributed by atoms with Gasteiger partial charge in [-0.15, -0.1) is 0 Å². The second kappa shape index (κ2) is 20.7. The number of methoxy groups -OCH3 is 4. The van der Waals surface area contributed by atoms with Crippen LogP contribution in [0.15, 0.2) is 91.0 Å². The zero-order valence-electron chi connectivity index (χ0n) is 30.8. The molecule has 0 bridgehead atoms. The van der Waals surface area contributed by atoms with Crippen LogP contribution >= 0.6 is 23.6 Å². The fraction of sp³-hybridized carbons (Fsp3) is 0.282. The number of rotatable bonds is 15. The highest BCUT2D eigenvalue weighted by Gasteiger charge is 2.18. The van der Waals surface area contributed by atoms with Gasteiger partial charge in [0.2, 0.25) is 0 Å². The van der Waals surface area contributed by atoms with E-state index >= 15 is 0 Å². The summed E-state index contributed by atoms with van der Waals surface area (Å²) in [4.78, 5) is 33.6. The highest BCUT2D eigenvalue weighted by molar-refractivity contribution is 7.80. The number of benzene rings is 4. The Morgan fingerprint density at radius 1 is 0.774 bits per heavy atom. The average molecular weight is 759 g/mol. The van der Waals surface area contributed by atoms with E-state index in [1.54, 1.807) is 64.8 Å². The van der Waals surface area contributed by atoms with Crippen molar-refractivity contribution in [1.29, 1.82) is 0 Å². The number of hydrogen-bond donors (Lipinski definition) is 3. The van der Waals surface area contributed by atoms with E-state index in [0.717, 1.165) is 41.2 Å². The van der Waals surface area contributed by atoms with E-state index in [1.807, 2.05) is 61.6 Å². The molecule has 1 heterocycles. The Kier molecular flexibility index (Phi) is 15.8. The van der Waals surface area contributed by atoms with Gasteiger partial charge in [0.05, 0.1) is 43.5 Å². The molecule has 4 aromatic carbocycles. The number of anilines is 4. The monoisotopic (exact) mass is 758 g/mol. The number of ether oxygens (including phenoxy) is 4. The number of likely N-dealkylation sites (N-methyl/N-ethyl adjacent to an activating group) is 2. The number of nitrogens with one attached hydrogen (secondary N) is 3. The molecule has 0 aliphatic heterocycles. The van der Waals surface area contributed by atoms with Gasteiger partial charge in [-0.05, 0) is 73.7 Å². The fourth-order valence-corrected chi connectivity index (χ4v) is 6.37. The molecule has 280 valence electrons. The molecule has 0 aliphatic rings. The molecule has 1 aromatic heterocycles. The molecule has 12 nitrogen and oxygen atoms in total. The molecule has 0 radical (unpaired) electrons. The first kappa shape index (κ1) is 40.5. The molecule has 0 unspecified atom stereocenters. The first-order valence-electron chi connectivity index (χ1n) is 16.9. The number of carbonyl (C=O) groups excluding carboxylic acids is 2. The summed E-state index contributed by atoms with van der Waals surface area (Å²) >= 11 is 6.71. The number of thiocarbonyl (C=S) groups is 1. The van der Waals surface area contributed by atoms with E-state index in [2.05, 4.69) is 37.7 Å². The van der Waals surface area contributed by atoms with Crippen LogP contribution in [-0.2, 0) is 9.47 Å². The van der Waals surface area contributed by atoms with Crippen molar-refractivity contribution in [2.45, 2.75) is 6.92 Å². The maximum absolute atomic E-state index is 12.5. The second-order valence-corrected chi connectivity index (χ2v) is 12.9. The SMILES string of the molecule is CCN(CCOC)c1ccc(OC)c2nc(NC(=O)c3ccccc3)sc12.COCCN(C)c1ccc(OC)c(NC(=S)NC(=O)c2ccccc2)c1. The molecule has 53 heavy (non-hydrogen) atoms. The summed E-state index contributed by atoms with van der Waals surface area (Å²) < 4.78 is 22.2. The van der Waals surface area contributed by atoms with Crippen LogP contribution in [0.3, 0.4) is 0 Å². The molecule has 5 rings (SSSR count). The van der Waals surface area contributed by atoms with Gasteiger partial charge < -0.3 is 34.1 Å². The summed E-state index contributed by atoms with van der Waals surface area (Å²) in [6, 6.07) is 27.7. The fourth-order valence-electron chi connectivity index (χ4n) is 5.15. The molecule has 0 spiro atoms. The predicted molar refractivity (Wildman–Crippen MR) is 219 cm³/mol. The first-order valence-corrected chi connectivity index (χ1v) is 18.1. The molecule has 0 saturated heterocycles. The summed E-state index contributed by atoms with van der Waals surface area (Å²) in [6.45, 7) is 5.73. The van der Waals surface area contributed by atoms with Gasteiger partial charge in [0.1, 0.15) is 17.0 Å². The van der Waals surface area contributed by atoms with Crippen molar-refractivity contribution in [3.05, 3.63) is 102 Å². The van der Waals surface area contributed by atoms with Gasteiger partial charge in [0.15, 0.2) is 10.2 Å². The molecular weight excluding hydrogens is 713 g/mol. The Labute approximate surface area is 320 Å². The maximum Gasteiger partial charge on any atom is 0.257 e. The minimum absolute atomic E-state index is 0.179. The second-order valence-electron chi connectivity index (χ2n) is 11.4. The molecular formula is C39H46N6O6S2. The third kappa shape index (κ3) is 11.4. The number of carbonyl (C=O) groups is 2. The van der Waals surface area contributed by atoms with Crippen molar-refractivity contribution >= 4 is 72.9 Å². The molecule has 0 fully saturated rings. The highest BCUT2D eigenvalue weighted by Crippen LogP contribution is 2.39. The Balaban J connectivity index is 0.000000237. The van der Waals surface area contributed by atoms with Gasteiger partial charge in [-0.3, -0.25) is 20.2 Å². The van der Waals surface area contributed by atoms with E-state index in [4.69, 9.17) is 31.2 Å². The lowest BCUT2D eigenvalue weighted by Crippen LogP contribution is -2.34. The lowest BCUT2D eigenvalue weighted by Gasteiger charge is -2.23. The minimum atomic E-state index is -0.268. The zero-order valence-corrected chi connectivity index (χ0v) is 32.4. The van der Waals surface area contributed by atoms with Gasteiger partial charge >= 0.3 is 0 Å². The van der Waals surface area contributed by atoms with Gasteiger partial charge in [0, 0.05) is 57.7 Å². The van der Waals surface area contributed by atoms with Crippen LogP contribution in [0.1, 0.15) is 27.6 Å². The number of fused-ring (bicyclic) bond motifs is 1. The van der Waals surface area contributed by atoms with Gasteiger partial charge in [0.25, 0.3) is 11.8 Å². The molecule has 0 saturated carbocycles. The summed E-state index contributed by atoms with van der Waals surface area (Å²) in [5, 5.41) is 9.35. The normalized spacial score (nSPS) is 10.5. The zero-order chi connectivity index (χ0) is 38.2. The predicted octanol–water partition coefficient (Wildman–Crippen LogP) is 6.93. The van der Waals surface area contributed by atoms with Crippen molar-refractivity contribution in [3.63, 3.8) is 0 Å². The standard InChI is InChI=1S/C20H23N3O3S.C19H23N3O3S/c1-4-23(12-13-25-2)15-10-11-16(26-3)17-18(15)27-20(21-17)22-19(24)14-8-6-5-7-9-14;1-22(11-12-24-2)15-9-10-17(25-3)16(13-15)20-19(26)21-18(23)14-7-5-4-6-8-14/h5-11H,4,12-13H2,1-3H3,(H,21,22,24);4-10,13H,11-12H2,1-3H3,(H2,20,21,23,26). The quantitative estimate of drug-likeness (QED) is 0.0963. The van der Waals surface area contributed by atoms with E-state index < -0.39 is 0 Å². The molecule has 5 aromatic rings. The smallest absolute Gasteiger partial charge is 0.257 e. The molecule has 0 atom stereocenters. The van der Waals surface area contributed by atoms with Crippen molar-refractivity contribution in [2.75, 3.05) is 88.8 Å². The van der Waals surface area contributed by atoms with E-state index in [-0.39, 0.29) is 16.9 Å². The molecule has 3 N–H and O–H groups in total. The topological polar surface area (TPSA) is 127 Å². The molecule has 14 heteroatoms. The number of thiazole rings is 1. The number of amides is 2. The molecule has 2 amide bonds. The average Bonchev–Trinajstić information content (AvgIpc) is 3.61. The highest BCUT2D eigenvalue weighted by atomic mass is 32.1. The van der Waals surface area contributed by atoms with Gasteiger partial charge in [-0.2, -0.15) is 0 Å².